The summed E-state index contributed by atoms with van der Waals surface area (Å²) in [5.74, 6) is 0. The normalized spacial score (nSPS) is 16.9. The zero-order chi connectivity index (χ0) is 8.39. The molecule has 63 valence electrons. The maximum atomic E-state index is 3.28. The molecule has 0 aliphatic carbocycles. The summed E-state index contributed by atoms with van der Waals surface area (Å²) in [4.78, 5) is 2.41. The van der Waals surface area contributed by atoms with Crippen LogP contribution in [0.25, 0.3) is 0 Å². The van der Waals surface area contributed by atoms with Crippen LogP contribution in [0, 0.1) is 13.0 Å². The van der Waals surface area contributed by atoms with Crippen molar-refractivity contribution in [3.8, 4) is 0 Å². The predicted octanol–water partition coefficient (Wildman–Crippen LogP) is 2.40. The maximum absolute atomic E-state index is 3.28. The molecule has 0 N–H and O–H groups in total. The summed E-state index contributed by atoms with van der Waals surface area (Å²) >= 11 is 0. The molecular weight excluding hydrogens is 146 g/mol. The second-order valence-corrected chi connectivity index (χ2v) is 3.45. The molecule has 0 atom stereocenters. The van der Waals surface area contributed by atoms with Gasteiger partial charge in [0.25, 0.3) is 0 Å². The molecule has 1 radical (unpaired) electrons. The molecule has 12 heavy (non-hydrogen) atoms. The second-order valence-electron chi connectivity index (χ2n) is 3.45. The van der Waals surface area contributed by atoms with E-state index in [0.717, 1.165) is 0 Å². The lowest BCUT2D eigenvalue weighted by Gasteiger charge is -2.17. The molecule has 1 aromatic rings. The van der Waals surface area contributed by atoms with Gasteiger partial charge in [-0.1, -0.05) is 12.1 Å². The first-order chi connectivity index (χ1) is 5.86. The van der Waals surface area contributed by atoms with Gasteiger partial charge >= 0.3 is 0 Å². The van der Waals surface area contributed by atoms with Gasteiger partial charge < -0.3 is 4.90 Å². The lowest BCUT2D eigenvalue weighted by molar-refractivity contribution is 0.949. The van der Waals surface area contributed by atoms with E-state index in [0.29, 0.717) is 0 Å². The largest absolute Gasteiger partial charge is 0.371 e. The number of hydrogen-bond acceptors (Lipinski definition) is 1. The Morgan fingerprint density at radius 2 is 2.08 bits per heavy atom. The van der Waals surface area contributed by atoms with Gasteiger partial charge in [-0.2, -0.15) is 0 Å². The SMILES string of the molecule is Cc1cc[c]c(N2CCCC2)c1. The molecule has 1 aliphatic rings. The van der Waals surface area contributed by atoms with E-state index < -0.39 is 0 Å². The molecule has 0 bridgehead atoms. The van der Waals surface area contributed by atoms with Crippen LogP contribution in [0.5, 0.6) is 0 Å². The summed E-state index contributed by atoms with van der Waals surface area (Å²) in [7, 11) is 0. The van der Waals surface area contributed by atoms with E-state index in [1.165, 1.54) is 37.2 Å². The molecular formula is C11H14N. The summed E-state index contributed by atoms with van der Waals surface area (Å²) < 4.78 is 0. The van der Waals surface area contributed by atoms with Crippen molar-refractivity contribution in [3.05, 3.63) is 29.8 Å². The number of aryl methyl sites for hydroxylation is 1. The van der Waals surface area contributed by atoms with Crippen molar-refractivity contribution in [2.24, 2.45) is 0 Å². The van der Waals surface area contributed by atoms with Crippen molar-refractivity contribution in [1.82, 2.24) is 0 Å². The third-order valence-electron chi connectivity index (χ3n) is 2.39. The van der Waals surface area contributed by atoms with E-state index in [-0.39, 0.29) is 0 Å². The fourth-order valence-corrected chi connectivity index (χ4v) is 1.70. The fourth-order valence-electron chi connectivity index (χ4n) is 1.70. The fraction of sp³-hybridized carbons (Fsp3) is 0.455. The molecule has 1 aromatic carbocycles. The summed E-state index contributed by atoms with van der Waals surface area (Å²) in [6.07, 6.45) is 2.67. The van der Waals surface area contributed by atoms with E-state index in [1.54, 1.807) is 0 Å². The lowest BCUT2D eigenvalue weighted by Crippen LogP contribution is -2.17. The van der Waals surface area contributed by atoms with E-state index >= 15 is 0 Å². The molecule has 1 fully saturated rings. The molecule has 2 rings (SSSR count). The highest BCUT2D eigenvalue weighted by molar-refractivity contribution is 5.47. The average molecular weight is 160 g/mol. The molecule has 1 saturated heterocycles. The zero-order valence-corrected chi connectivity index (χ0v) is 7.51. The van der Waals surface area contributed by atoms with Gasteiger partial charge in [-0.25, -0.2) is 0 Å². The van der Waals surface area contributed by atoms with Gasteiger partial charge in [-0.15, -0.1) is 0 Å². The average Bonchev–Trinajstić information content (AvgIpc) is 2.56. The van der Waals surface area contributed by atoms with Gasteiger partial charge in [-0.3, -0.25) is 0 Å². The van der Waals surface area contributed by atoms with Gasteiger partial charge in [0.2, 0.25) is 0 Å². The van der Waals surface area contributed by atoms with Crippen LogP contribution in [0.4, 0.5) is 5.69 Å². The molecule has 0 spiro atoms. The lowest BCUT2D eigenvalue weighted by atomic mass is 10.2. The van der Waals surface area contributed by atoms with Crippen LogP contribution in [-0.2, 0) is 0 Å². The van der Waals surface area contributed by atoms with Gasteiger partial charge in [0, 0.05) is 24.8 Å². The molecule has 0 unspecified atom stereocenters. The van der Waals surface area contributed by atoms with Crippen LogP contribution in [0.15, 0.2) is 18.2 Å². The van der Waals surface area contributed by atoms with Gasteiger partial charge in [0.15, 0.2) is 0 Å². The van der Waals surface area contributed by atoms with Crippen LogP contribution in [0.1, 0.15) is 18.4 Å². The third kappa shape index (κ3) is 1.45. The quantitative estimate of drug-likeness (QED) is 0.609. The highest BCUT2D eigenvalue weighted by atomic mass is 15.1. The molecule has 1 heterocycles. The Bertz CT molecular complexity index is 261. The number of anilines is 1. The van der Waals surface area contributed by atoms with Gasteiger partial charge in [-0.05, 0) is 31.4 Å². The number of benzene rings is 1. The Hall–Kier alpha value is -0.980. The monoisotopic (exact) mass is 160 g/mol. The predicted molar refractivity (Wildman–Crippen MR) is 51.5 cm³/mol. The van der Waals surface area contributed by atoms with Gasteiger partial charge in [0.1, 0.15) is 0 Å². The Kier molecular flexibility index (Phi) is 2.03. The first kappa shape index (κ1) is 7.66. The second kappa shape index (κ2) is 3.18. The summed E-state index contributed by atoms with van der Waals surface area (Å²) in [6.45, 7) is 4.55. The minimum absolute atomic E-state index is 1.21. The summed E-state index contributed by atoms with van der Waals surface area (Å²) in [5, 5.41) is 0. The Morgan fingerprint density at radius 1 is 1.33 bits per heavy atom. The Balaban J connectivity index is 2.21. The number of rotatable bonds is 1. The Labute approximate surface area is 74.0 Å². The van der Waals surface area contributed by atoms with Crippen LogP contribution >= 0.6 is 0 Å². The van der Waals surface area contributed by atoms with Crippen molar-refractivity contribution < 1.29 is 0 Å². The standard InChI is InChI=1S/C11H14N/c1-10-5-4-6-11(9-10)12-7-2-3-8-12/h4-5,9H,2-3,7-8H2,1H3. The maximum Gasteiger partial charge on any atom is 0.0449 e. The number of nitrogens with zero attached hydrogens (tertiary/aromatic N) is 1. The summed E-state index contributed by atoms with van der Waals surface area (Å²) in [6, 6.07) is 9.60. The van der Waals surface area contributed by atoms with Crippen LogP contribution in [0.3, 0.4) is 0 Å². The first-order valence-corrected chi connectivity index (χ1v) is 4.59. The smallest absolute Gasteiger partial charge is 0.0449 e. The Morgan fingerprint density at radius 3 is 2.75 bits per heavy atom. The molecule has 0 aromatic heterocycles. The molecule has 1 nitrogen and oxygen atoms in total. The van der Waals surface area contributed by atoms with Gasteiger partial charge in [0.05, 0.1) is 0 Å². The summed E-state index contributed by atoms with van der Waals surface area (Å²) in [5.41, 5.74) is 2.60. The van der Waals surface area contributed by atoms with Crippen LogP contribution in [0.2, 0.25) is 0 Å². The highest BCUT2D eigenvalue weighted by Gasteiger charge is 2.11. The van der Waals surface area contributed by atoms with E-state index in [1.807, 2.05) is 6.07 Å². The molecule has 1 aliphatic heterocycles. The van der Waals surface area contributed by atoms with E-state index in [2.05, 4.69) is 30.0 Å². The van der Waals surface area contributed by atoms with Crippen molar-refractivity contribution in [3.63, 3.8) is 0 Å². The first-order valence-electron chi connectivity index (χ1n) is 4.59. The topological polar surface area (TPSA) is 3.24 Å². The van der Waals surface area contributed by atoms with Crippen LogP contribution < -0.4 is 4.90 Å². The van der Waals surface area contributed by atoms with Crippen molar-refractivity contribution in [1.29, 1.82) is 0 Å². The minimum atomic E-state index is 1.21. The van der Waals surface area contributed by atoms with E-state index in [4.69, 9.17) is 0 Å². The van der Waals surface area contributed by atoms with Crippen molar-refractivity contribution >= 4 is 5.69 Å². The molecule has 1 heteroatoms. The van der Waals surface area contributed by atoms with E-state index in [9.17, 15) is 0 Å². The zero-order valence-electron chi connectivity index (χ0n) is 7.51. The van der Waals surface area contributed by atoms with Crippen LogP contribution in [-0.4, -0.2) is 13.1 Å². The highest BCUT2D eigenvalue weighted by Crippen LogP contribution is 2.19. The minimum Gasteiger partial charge on any atom is -0.371 e. The van der Waals surface area contributed by atoms with Crippen molar-refractivity contribution in [2.45, 2.75) is 19.8 Å². The molecule has 0 amide bonds. The molecule has 0 saturated carbocycles. The number of hydrogen-bond donors (Lipinski definition) is 0. The third-order valence-corrected chi connectivity index (χ3v) is 2.39. The van der Waals surface area contributed by atoms with Crippen molar-refractivity contribution in [2.75, 3.05) is 18.0 Å².